The summed E-state index contributed by atoms with van der Waals surface area (Å²) in [6.45, 7) is 0.192. The fourth-order valence-corrected chi connectivity index (χ4v) is 1.45. The minimum atomic E-state index is -0.285. The minimum absolute atomic E-state index is 0.0948. The fraction of sp³-hybridized carbons (Fsp3) is 0.0833. The summed E-state index contributed by atoms with van der Waals surface area (Å²) in [5.74, 6) is -0.191. The lowest BCUT2D eigenvalue weighted by Gasteiger charge is -2.07. The Morgan fingerprint density at radius 2 is 2.17 bits per heavy atom. The molecule has 0 atom stereocenters. The molecule has 1 amide bonds. The van der Waals surface area contributed by atoms with E-state index in [0.717, 1.165) is 0 Å². The van der Waals surface area contributed by atoms with E-state index in [0.29, 0.717) is 16.8 Å². The molecule has 0 saturated carbocycles. The predicted octanol–water partition coefficient (Wildman–Crippen LogP) is 0.694. The molecule has 1 heterocycles. The molecule has 0 unspecified atom stereocenters. The van der Waals surface area contributed by atoms with Crippen LogP contribution in [0.15, 0.2) is 36.7 Å². The van der Waals surface area contributed by atoms with Crippen LogP contribution in [-0.2, 0) is 6.54 Å². The highest BCUT2D eigenvalue weighted by atomic mass is 16.3. The number of amides is 1. The summed E-state index contributed by atoms with van der Waals surface area (Å²) < 4.78 is 0. The number of aromatic nitrogens is 2. The second kappa shape index (κ2) is 5.13. The number of nitrogens with zero attached hydrogens (tertiary/aromatic N) is 2. The SMILES string of the molecule is Nc1ccc(O)c(CNC(=O)c2ccnnc2)c1. The smallest absolute Gasteiger partial charge is 0.253 e. The number of hydrogen-bond acceptors (Lipinski definition) is 5. The van der Waals surface area contributed by atoms with E-state index in [1.807, 2.05) is 0 Å². The zero-order valence-electron chi connectivity index (χ0n) is 9.50. The van der Waals surface area contributed by atoms with Crippen LogP contribution in [0.5, 0.6) is 5.75 Å². The molecule has 0 aliphatic carbocycles. The van der Waals surface area contributed by atoms with Gasteiger partial charge in [0, 0.05) is 17.8 Å². The van der Waals surface area contributed by atoms with Gasteiger partial charge < -0.3 is 16.2 Å². The molecule has 0 fully saturated rings. The number of anilines is 1. The molecule has 0 bridgehead atoms. The van der Waals surface area contributed by atoms with Crippen LogP contribution in [0.2, 0.25) is 0 Å². The Bertz CT molecular complexity index is 557. The van der Waals surface area contributed by atoms with Crippen molar-refractivity contribution in [2.75, 3.05) is 5.73 Å². The van der Waals surface area contributed by atoms with Gasteiger partial charge in [0.05, 0.1) is 18.0 Å². The molecule has 0 aliphatic heterocycles. The Morgan fingerprint density at radius 3 is 2.89 bits per heavy atom. The number of aromatic hydroxyl groups is 1. The first-order valence-corrected chi connectivity index (χ1v) is 5.29. The van der Waals surface area contributed by atoms with Crippen LogP contribution in [0.4, 0.5) is 5.69 Å². The average Bonchev–Trinajstić information content (AvgIpc) is 2.40. The summed E-state index contributed by atoms with van der Waals surface area (Å²) in [4.78, 5) is 11.7. The first-order chi connectivity index (χ1) is 8.66. The fourth-order valence-electron chi connectivity index (χ4n) is 1.45. The van der Waals surface area contributed by atoms with Crippen molar-refractivity contribution < 1.29 is 9.90 Å². The Balaban J connectivity index is 2.04. The number of nitrogens with two attached hydrogens (primary N) is 1. The first kappa shape index (κ1) is 11.8. The van der Waals surface area contributed by atoms with Gasteiger partial charge in [-0.05, 0) is 24.3 Å². The van der Waals surface area contributed by atoms with Crippen LogP contribution in [0.3, 0.4) is 0 Å². The normalized spacial score (nSPS) is 10.0. The van der Waals surface area contributed by atoms with E-state index in [1.165, 1.54) is 18.5 Å². The third-order valence-electron chi connectivity index (χ3n) is 2.39. The van der Waals surface area contributed by atoms with E-state index >= 15 is 0 Å². The molecule has 0 spiro atoms. The van der Waals surface area contributed by atoms with Gasteiger partial charge in [0.25, 0.3) is 5.91 Å². The maximum atomic E-state index is 11.7. The van der Waals surface area contributed by atoms with Gasteiger partial charge in [-0.25, -0.2) is 0 Å². The van der Waals surface area contributed by atoms with Crippen molar-refractivity contribution in [2.45, 2.75) is 6.54 Å². The van der Waals surface area contributed by atoms with E-state index in [-0.39, 0.29) is 18.2 Å². The number of phenolic OH excluding ortho intramolecular Hbond substituents is 1. The summed E-state index contributed by atoms with van der Waals surface area (Å²) in [5, 5.41) is 19.4. The summed E-state index contributed by atoms with van der Waals surface area (Å²) in [7, 11) is 0. The summed E-state index contributed by atoms with van der Waals surface area (Å²) in [5.41, 5.74) is 7.10. The van der Waals surface area contributed by atoms with Gasteiger partial charge in [-0.2, -0.15) is 10.2 Å². The topological polar surface area (TPSA) is 101 Å². The lowest BCUT2D eigenvalue weighted by Crippen LogP contribution is -2.23. The third-order valence-corrected chi connectivity index (χ3v) is 2.39. The molecule has 1 aromatic carbocycles. The number of nitrogens with one attached hydrogen (secondary N) is 1. The van der Waals surface area contributed by atoms with Crippen molar-refractivity contribution in [1.29, 1.82) is 0 Å². The number of carbonyl (C=O) groups excluding carboxylic acids is 1. The van der Waals surface area contributed by atoms with E-state index in [2.05, 4.69) is 15.5 Å². The van der Waals surface area contributed by atoms with Gasteiger partial charge in [-0.15, -0.1) is 0 Å². The standard InChI is InChI=1S/C12H12N4O2/c13-10-1-2-11(17)9(5-10)6-14-12(18)8-3-4-15-16-7-8/h1-5,7,17H,6,13H2,(H,14,18). The van der Waals surface area contributed by atoms with Gasteiger partial charge in [-0.3, -0.25) is 4.79 Å². The number of benzene rings is 1. The van der Waals surface area contributed by atoms with Crippen LogP contribution >= 0.6 is 0 Å². The Kier molecular flexibility index (Phi) is 3.38. The van der Waals surface area contributed by atoms with Crippen molar-refractivity contribution in [3.05, 3.63) is 47.8 Å². The molecule has 0 aliphatic rings. The minimum Gasteiger partial charge on any atom is -0.508 e. The average molecular weight is 244 g/mol. The highest BCUT2D eigenvalue weighted by molar-refractivity contribution is 5.93. The quantitative estimate of drug-likeness (QED) is 0.545. The second-order valence-corrected chi connectivity index (χ2v) is 3.70. The molecule has 18 heavy (non-hydrogen) atoms. The van der Waals surface area contributed by atoms with Crippen LogP contribution in [0.1, 0.15) is 15.9 Å². The molecular weight excluding hydrogens is 232 g/mol. The maximum Gasteiger partial charge on any atom is 0.253 e. The van der Waals surface area contributed by atoms with E-state index < -0.39 is 0 Å². The molecule has 2 aromatic rings. The molecule has 0 radical (unpaired) electrons. The highest BCUT2D eigenvalue weighted by Gasteiger charge is 2.07. The molecule has 6 nitrogen and oxygen atoms in total. The maximum absolute atomic E-state index is 11.7. The largest absolute Gasteiger partial charge is 0.508 e. The number of carbonyl (C=O) groups is 1. The number of rotatable bonds is 3. The summed E-state index contributed by atoms with van der Waals surface area (Å²) in [6.07, 6.45) is 2.81. The first-order valence-electron chi connectivity index (χ1n) is 5.29. The predicted molar refractivity (Wildman–Crippen MR) is 65.7 cm³/mol. The summed E-state index contributed by atoms with van der Waals surface area (Å²) in [6, 6.07) is 6.25. The van der Waals surface area contributed by atoms with Crippen LogP contribution < -0.4 is 11.1 Å². The molecule has 92 valence electrons. The van der Waals surface area contributed by atoms with Gasteiger partial charge in [0.1, 0.15) is 5.75 Å². The van der Waals surface area contributed by atoms with Crippen molar-refractivity contribution in [3.63, 3.8) is 0 Å². The molecule has 1 aromatic heterocycles. The van der Waals surface area contributed by atoms with E-state index in [4.69, 9.17) is 5.73 Å². The van der Waals surface area contributed by atoms with Crippen molar-refractivity contribution in [3.8, 4) is 5.75 Å². The Morgan fingerprint density at radius 1 is 1.33 bits per heavy atom. The van der Waals surface area contributed by atoms with Gasteiger partial charge in [0.2, 0.25) is 0 Å². The monoisotopic (exact) mass is 244 g/mol. The molecule has 0 saturated heterocycles. The Hall–Kier alpha value is -2.63. The van der Waals surface area contributed by atoms with Crippen LogP contribution in [0.25, 0.3) is 0 Å². The lowest BCUT2D eigenvalue weighted by atomic mass is 10.1. The molecule has 2 rings (SSSR count). The van der Waals surface area contributed by atoms with Crippen LogP contribution in [-0.4, -0.2) is 21.2 Å². The zero-order chi connectivity index (χ0) is 13.0. The Labute approximate surface area is 103 Å². The lowest BCUT2D eigenvalue weighted by molar-refractivity contribution is 0.0950. The van der Waals surface area contributed by atoms with Crippen molar-refractivity contribution in [1.82, 2.24) is 15.5 Å². The number of phenols is 1. The van der Waals surface area contributed by atoms with Gasteiger partial charge >= 0.3 is 0 Å². The van der Waals surface area contributed by atoms with E-state index in [1.54, 1.807) is 18.2 Å². The highest BCUT2D eigenvalue weighted by Crippen LogP contribution is 2.19. The van der Waals surface area contributed by atoms with E-state index in [9.17, 15) is 9.90 Å². The molecule has 4 N–H and O–H groups in total. The summed E-state index contributed by atoms with van der Waals surface area (Å²) >= 11 is 0. The van der Waals surface area contributed by atoms with Gasteiger partial charge in [-0.1, -0.05) is 0 Å². The number of nitrogen functional groups attached to an aromatic ring is 1. The molecular formula is C12H12N4O2. The van der Waals surface area contributed by atoms with Crippen LogP contribution in [0, 0.1) is 0 Å². The third kappa shape index (κ3) is 2.73. The molecule has 6 heteroatoms. The number of hydrogen-bond donors (Lipinski definition) is 3. The van der Waals surface area contributed by atoms with Gasteiger partial charge in [0.15, 0.2) is 0 Å². The second-order valence-electron chi connectivity index (χ2n) is 3.70. The van der Waals surface area contributed by atoms with Crippen molar-refractivity contribution in [2.24, 2.45) is 0 Å². The van der Waals surface area contributed by atoms with Crippen molar-refractivity contribution >= 4 is 11.6 Å². The zero-order valence-corrected chi connectivity index (χ0v) is 9.50.